The van der Waals surface area contributed by atoms with Gasteiger partial charge in [-0.2, -0.15) is 0 Å². The smallest absolute Gasteiger partial charge is 0.326 e. The molecule has 0 aromatic carbocycles. The van der Waals surface area contributed by atoms with Gasteiger partial charge in [-0.25, -0.2) is 9.59 Å². The van der Waals surface area contributed by atoms with Crippen molar-refractivity contribution < 1.29 is 24.5 Å². The van der Waals surface area contributed by atoms with Crippen LogP contribution in [0.4, 0.5) is 4.79 Å². The average molecular weight is 289 g/mol. The summed E-state index contributed by atoms with van der Waals surface area (Å²) >= 11 is 0. The van der Waals surface area contributed by atoms with Gasteiger partial charge in [0, 0.05) is 39.7 Å². The van der Waals surface area contributed by atoms with E-state index in [1.54, 1.807) is 7.11 Å². The number of rotatable bonds is 7. The van der Waals surface area contributed by atoms with Crippen molar-refractivity contribution in [3.8, 4) is 0 Å². The van der Waals surface area contributed by atoms with Crippen LogP contribution in [0.5, 0.6) is 0 Å². The number of hydrogen-bond acceptors (Lipinski definition) is 5. The van der Waals surface area contributed by atoms with E-state index in [-0.39, 0.29) is 13.0 Å². The quantitative estimate of drug-likeness (QED) is 0.544. The third-order valence-electron chi connectivity index (χ3n) is 3.27. The maximum atomic E-state index is 11.9. The Balaban J connectivity index is 2.33. The van der Waals surface area contributed by atoms with Gasteiger partial charge >= 0.3 is 12.0 Å². The number of hydrogen-bond donors (Lipinski definition) is 3. The zero-order chi connectivity index (χ0) is 15.1. The van der Waals surface area contributed by atoms with Crippen LogP contribution in [0.3, 0.4) is 0 Å². The second kappa shape index (κ2) is 8.03. The van der Waals surface area contributed by atoms with Crippen molar-refractivity contribution in [2.24, 2.45) is 0 Å². The summed E-state index contributed by atoms with van der Waals surface area (Å²) in [5, 5.41) is 21.1. The Hall–Kier alpha value is -1.38. The molecule has 0 radical (unpaired) electrons. The van der Waals surface area contributed by atoms with Crippen LogP contribution in [0, 0.1) is 0 Å². The molecule has 20 heavy (non-hydrogen) atoms. The van der Waals surface area contributed by atoms with Crippen molar-refractivity contribution in [2.75, 3.05) is 46.9 Å². The summed E-state index contributed by atoms with van der Waals surface area (Å²) in [6.07, 6.45) is -0.692. The minimum absolute atomic E-state index is 0.0579. The Bertz CT molecular complexity index is 339. The molecule has 0 aromatic heterocycles. The number of carbonyl (C=O) groups is 2. The van der Waals surface area contributed by atoms with Gasteiger partial charge in [-0.1, -0.05) is 0 Å². The monoisotopic (exact) mass is 289 g/mol. The maximum Gasteiger partial charge on any atom is 0.326 e. The number of carboxylic acids is 1. The predicted molar refractivity (Wildman–Crippen MR) is 71.5 cm³/mol. The fourth-order valence-corrected chi connectivity index (χ4v) is 2.09. The molecule has 1 aliphatic heterocycles. The molecule has 0 aliphatic carbocycles. The Labute approximate surface area is 118 Å². The average Bonchev–Trinajstić information content (AvgIpc) is 2.78. The molecule has 2 atom stereocenters. The van der Waals surface area contributed by atoms with E-state index in [0.29, 0.717) is 19.7 Å². The zero-order valence-corrected chi connectivity index (χ0v) is 11.9. The SMILES string of the molecule is COCCN(C)CCNC(=O)N1C[C@H](O)C[C@H]1C(=O)O. The highest BCUT2D eigenvalue weighted by atomic mass is 16.5. The Kier molecular flexibility index (Phi) is 6.69. The number of nitrogens with zero attached hydrogens (tertiary/aromatic N) is 2. The highest BCUT2D eigenvalue weighted by molar-refractivity contribution is 5.83. The van der Waals surface area contributed by atoms with E-state index in [9.17, 15) is 14.7 Å². The van der Waals surface area contributed by atoms with Crippen molar-refractivity contribution in [3.63, 3.8) is 0 Å². The first kappa shape index (κ1) is 16.7. The third kappa shape index (κ3) is 4.95. The van der Waals surface area contributed by atoms with E-state index in [4.69, 9.17) is 9.84 Å². The van der Waals surface area contributed by atoms with Gasteiger partial charge in [0.1, 0.15) is 6.04 Å². The zero-order valence-electron chi connectivity index (χ0n) is 11.9. The van der Waals surface area contributed by atoms with Crippen LogP contribution in [0.15, 0.2) is 0 Å². The van der Waals surface area contributed by atoms with Crippen molar-refractivity contribution in [1.29, 1.82) is 0 Å². The van der Waals surface area contributed by atoms with Crippen molar-refractivity contribution in [1.82, 2.24) is 15.1 Å². The molecule has 1 heterocycles. The molecular formula is C12H23N3O5. The molecular weight excluding hydrogens is 266 g/mol. The van der Waals surface area contributed by atoms with E-state index in [2.05, 4.69) is 5.32 Å². The third-order valence-corrected chi connectivity index (χ3v) is 3.27. The van der Waals surface area contributed by atoms with Crippen LogP contribution < -0.4 is 5.32 Å². The summed E-state index contributed by atoms with van der Waals surface area (Å²) in [4.78, 5) is 26.1. The first-order chi connectivity index (χ1) is 9.45. The number of ether oxygens (including phenoxy) is 1. The first-order valence-electron chi connectivity index (χ1n) is 6.58. The number of aliphatic carboxylic acids is 1. The van der Waals surface area contributed by atoms with Crippen LogP contribution in [-0.2, 0) is 9.53 Å². The van der Waals surface area contributed by atoms with Gasteiger partial charge in [0.15, 0.2) is 0 Å². The summed E-state index contributed by atoms with van der Waals surface area (Å²) in [6.45, 7) is 2.49. The number of urea groups is 1. The van der Waals surface area contributed by atoms with E-state index >= 15 is 0 Å². The Morgan fingerprint density at radius 1 is 1.45 bits per heavy atom. The molecule has 8 heteroatoms. The van der Waals surface area contributed by atoms with Gasteiger partial charge in [0.2, 0.25) is 0 Å². The van der Waals surface area contributed by atoms with Crippen LogP contribution >= 0.6 is 0 Å². The van der Waals surface area contributed by atoms with Crippen molar-refractivity contribution >= 4 is 12.0 Å². The number of aliphatic hydroxyl groups excluding tert-OH is 1. The molecule has 1 rings (SSSR count). The van der Waals surface area contributed by atoms with E-state index in [0.717, 1.165) is 6.54 Å². The molecule has 0 aromatic rings. The lowest BCUT2D eigenvalue weighted by atomic mass is 10.2. The number of carbonyl (C=O) groups excluding carboxylic acids is 1. The van der Waals surface area contributed by atoms with Gasteiger partial charge in [-0.15, -0.1) is 0 Å². The van der Waals surface area contributed by atoms with Gasteiger partial charge in [0.05, 0.1) is 12.7 Å². The number of carboxylic acid groups (broad SMARTS) is 1. The molecule has 2 amide bonds. The van der Waals surface area contributed by atoms with E-state index in [1.165, 1.54) is 4.90 Å². The molecule has 1 fully saturated rings. The van der Waals surface area contributed by atoms with E-state index < -0.39 is 24.1 Å². The first-order valence-corrected chi connectivity index (χ1v) is 6.58. The number of likely N-dealkylation sites (tertiary alicyclic amines) is 1. The second-order valence-electron chi connectivity index (χ2n) is 4.92. The lowest BCUT2D eigenvalue weighted by Gasteiger charge is -2.22. The summed E-state index contributed by atoms with van der Waals surface area (Å²) in [6, 6.07) is -1.40. The molecule has 1 aliphatic rings. The van der Waals surface area contributed by atoms with Crippen LogP contribution in [0.1, 0.15) is 6.42 Å². The molecule has 0 saturated carbocycles. The number of amides is 2. The molecule has 3 N–H and O–H groups in total. The lowest BCUT2D eigenvalue weighted by molar-refractivity contribution is -0.141. The number of aliphatic hydroxyl groups is 1. The summed E-state index contributed by atoms with van der Waals surface area (Å²) in [5.74, 6) is -1.09. The molecule has 0 unspecified atom stereocenters. The topological polar surface area (TPSA) is 102 Å². The molecule has 0 spiro atoms. The normalized spacial score (nSPS) is 22.3. The largest absolute Gasteiger partial charge is 0.480 e. The highest BCUT2D eigenvalue weighted by Crippen LogP contribution is 2.17. The maximum absolute atomic E-state index is 11.9. The minimum Gasteiger partial charge on any atom is -0.480 e. The van der Waals surface area contributed by atoms with Crippen molar-refractivity contribution in [3.05, 3.63) is 0 Å². The van der Waals surface area contributed by atoms with Crippen LogP contribution in [0.2, 0.25) is 0 Å². The summed E-state index contributed by atoms with van der Waals surface area (Å²) in [7, 11) is 3.53. The van der Waals surface area contributed by atoms with Gasteiger partial charge in [0.25, 0.3) is 0 Å². The number of methoxy groups -OCH3 is 1. The fraction of sp³-hybridized carbons (Fsp3) is 0.833. The predicted octanol–water partition coefficient (Wildman–Crippen LogP) is -1.21. The highest BCUT2D eigenvalue weighted by Gasteiger charge is 2.38. The summed E-state index contributed by atoms with van der Waals surface area (Å²) in [5.41, 5.74) is 0. The summed E-state index contributed by atoms with van der Waals surface area (Å²) < 4.78 is 4.94. The van der Waals surface area contributed by atoms with Gasteiger partial charge in [-0.05, 0) is 7.05 Å². The van der Waals surface area contributed by atoms with Gasteiger partial charge in [-0.3, -0.25) is 0 Å². The number of nitrogens with one attached hydrogen (secondary N) is 1. The fourth-order valence-electron chi connectivity index (χ4n) is 2.09. The standard InChI is InChI=1S/C12H23N3O5/c1-14(5-6-20-2)4-3-13-12(19)15-8-9(16)7-10(15)11(17)18/h9-10,16H,3-8H2,1-2H3,(H,13,19)(H,17,18)/t9-,10+/m1/s1. The Morgan fingerprint density at radius 3 is 2.75 bits per heavy atom. The Morgan fingerprint density at radius 2 is 2.15 bits per heavy atom. The molecule has 0 bridgehead atoms. The molecule has 1 saturated heterocycles. The molecule has 116 valence electrons. The van der Waals surface area contributed by atoms with E-state index in [1.807, 2.05) is 11.9 Å². The minimum atomic E-state index is -1.09. The van der Waals surface area contributed by atoms with Gasteiger partial charge < -0.3 is 30.1 Å². The number of β-amino-alcohol motifs (C(OH)–C–C–N with tert-alkyl or cyclic N) is 1. The molecule has 8 nitrogen and oxygen atoms in total. The van der Waals surface area contributed by atoms with Crippen LogP contribution in [0.25, 0.3) is 0 Å². The van der Waals surface area contributed by atoms with Crippen LogP contribution in [-0.4, -0.2) is 91.1 Å². The number of likely N-dealkylation sites (N-methyl/N-ethyl adjacent to an activating group) is 1. The lowest BCUT2D eigenvalue weighted by Crippen LogP contribution is -2.47. The van der Waals surface area contributed by atoms with Crippen molar-refractivity contribution in [2.45, 2.75) is 18.6 Å². The second-order valence-corrected chi connectivity index (χ2v) is 4.92.